The van der Waals surface area contributed by atoms with Crippen LogP contribution in [-0.4, -0.2) is 35.6 Å². The third-order valence-electron chi connectivity index (χ3n) is 10.9. The van der Waals surface area contributed by atoms with Gasteiger partial charge in [-0.2, -0.15) is 0 Å². The van der Waals surface area contributed by atoms with Gasteiger partial charge in [0.15, 0.2) is 6.17 Å². The molecule has 1 amide bonds. The lowest BCUT2D eigenvalue weighted by molar-refractivity contribution is -0.558. The van der Waals surface area contributed by atoms with Crippen molar-refractivity contribution in [1.29, 1.82) is 0 Å². The van der Waals surface area contributed by atoms with Crippen LogP contribution in [0.4, 0.5) is 0 Å². The average Bonchev–Trinajstić information content (AvgIpc) is 3.56. The molecule has 0 saturated carbocycles. The number of nitrogens with one attached hydrogen (secondary N) is 2. The van der Waals surface area contributed by atoms with Gasteiger partial charge in [0.1, 0.15) is 13.1 Å². The number of nitrogens with zero attached hydrogens (tertiary/aromatic N) is 1. The van der Waals surface area contributed by atoms with Crippen LogP contribution >= 0.6 is 0 Å². The normalized spacial score (nSPS) is 13.7. The van der Waals surface area contributed by atoms with E-state index in [2.05, 4.69) is 36.0 Å². The number of carbonyl (C=O) groups is 1. The second-order valence-electron chi connectivity index (χ2n) is 15.6. The van der Waals surface area contributed by atoms with E-state index in [0.717, 1.165) is 25.9 Å². The van der Waals surface area contributed by atoms with Crippen LogP contribution in [0.2, 0.25) is 0 Å². The molecule has 0 aliphatic carbocycles. The number of unbranched alkanes of at least 4 members (excludes halogenated alkanes) is 32. The molecule has 4 nitrogen and oxygen atoms in total. The van der Waals surface area contributed by atoms with Crippen molar-refractivity contribution in [1.82, 2.24) is 10.6 Å². The molecule has 0 saturated heterocycles. The molecule has 1 heterocycles. The minimum Gasteiger partial charge on any atom is -0.318 e. The molecular formula is C44H88N3O+. The Hall–Kier alpha value is -1.06. The Morgan fingerprint density at radius 2 is 0.833 bits per heavy atom. The van der Waals surface area contributed by atoms with E-state index in [0.29, 0.717) is 6.42 Å². The molecule has 2 N–H and O–H groups in total. The van der Waals surface area contributed by atoms with E-state index in [1.165, 1.54) is 218 Å². The maximum Gasteiger partial charge on any atom is 0.246 e. The standard InChI is InChI=1S/C44H87N3O/c1-4-6-8-10-12-14-16-18-20-22-23-25-27-29-31-33-35-37-39-44(48)46-42(3)47-41-40-45-43(47)38-36-34-32-30-28-26-24-21-19-17-15-13-11-9-7-5-2/h42H,4-41H2,1-3H3,(H,46,48)/p+1. The van der Waals surface area contributed by atoms with Crippen molar-refractivity contribution in [2.45, 2.75) is 258 Å². The first-order chi connectivity index (χ1) is 23.7. The first-order valence-corrected chi connectivity index (χ1v) is 22.3. The van der Waals surface area contributed by atoms with Crippen molar-refractivity contribution in [3.05, 3.63) is 0 Å². The number of amides is 1. The fourth-order valence-electron chi connectivity index (χ4n) is 7.63. The summed E-state index contributed by atoms with van der Waals surface area (Å²) in [7, 11) is 0. The largest absolute Gasteiger partial charge is 0.318 e. The maximum absolute atomic E-state index is 12.6. The van der Waals surface area contributed by atoms with Crippen molar-refractivity contribution in [2.24, 2.45) is 0 Å². The van der Waals surface area contributed by atoms with E-state index in [-0.39, 0.29) is 12.1 Å². The summed E-state index contributed by atoms with van der Waals surface area (Å²) in [6, 6.07) is 0. The Morgan fingerprint density at radius 1 is 0.521 bits per heavy atom. The van der Waals surface area contributed by atoms with Crippen molar-refractivity contribution in [2.75, 3.05) is 13.1 Å². The van der Waals surface area contributed by atoms with Gasteiger partial charge in [-0.3, -0.25) is 10.1 Å². The summed E-state index contributed by atoms with van der Waals surface area (Å²) in [5.74, 6) is 1.58. The Bertz CT molecular complexity index is 720. The Labute approximate surface area is 302 Å². The van der Waals surface area contributed by atoms with Crippen molar-refractivity contribution < 1.29 is 9.37 Å². The molecule has 0 aromatic carbocycles. The third kappa shape index (κ3) is 28.7. The van der Waals surface area contributed by atoms with Crippen LogP contribution in [0.1, 0.15) is 252 Å². The predicted molar refractivity (Wildman–Crippen MR) is 213 cm³/mol. The van der Waals surface area contributed by atoms with Gasteiger partial charge in [0.05, 0.1) is 0 Å². The molecule has 1 rings (SSSR count). The SMILES string of the molecule is CCCCCCCCCCCCCCCCCCCCC(=O)NC(C)[N+]1=C(CCCCCCCCCCCCCCCCCC)NCC1. The van der Waals surface area contributed by atoms with E-state index in [4.69, 9.17) is 0 Å². The number of hydrogen-bond donors (Lipinski definition) is 2. The number of carbonyl (C=O) groups excluding carboxylic acids is 1. The van der Waals surface area contributed by atoms with E-state index < -0.39 is 0 Å². The highest BCUT2D eigenvalue weighted by Crippen LogP contribution is 2.16. The predicted octanol–water partition coefficient (Wildman–Crippen LogP) is 13.5. The Kier molecular flexibility index (Phi) is 33.5. The van der Waals surface area contributed by atoms with Gasteiger partial charge in [0.2, 0.25) is 11.7 Å². The number of hydrogen-bond acceptors (Lipinski definition) is 2. The molecule has 1 aliphatic heterocycles. The van der Waals surface area contributed by atoms with Crippen molar-refractivity contribution in [3.63, 3.8) is 0 Å². The molecule has 1 unspecified atom stereocenters. The van der Waals surface area contributed by atoms with Gasteiger partial charge in [-0.1, -0.05) is 219 Å². The highest BCUT2D eigenvalue weighted by Gasteiger charge is 2.25. The lowest BCUT2D eigenvalue weighted by atomic mass is 10.0. The highest BCUT2D eigenvalue weighted by atomic mass is 16.1. The summed E-state index contributed by atoms with van der Waals surface area (Å²) >= 11 is 0. The van der Waals surface area contributed by atoms with Crippen molar-refractivity contribution >= 4 is 11.7 Å². The van der Waals surface area contributed by atoms with Crippen LogP contribution in [0.3, 0.4) is 0 Å². The molecule has 0 aromatic heterocycles. The maximum atomic E-state index is 12.6. The molecule has 0 fully saturated rings. The fraction of sp³-hybridized carbons (Fsp3) is 0.955. The minimum atomic E-state index is 0.0964. The molecule has 0 spiro atoms. The number of amidine groups is 1. The lowest BCUT2D eigenvalue weighted by Crippen LogP contribution is -2.42. The summed E-state index contributed by atoms with van der Waals surface area (Å²) in [4.78, 5) is 12.6. The fourth-order valence-corrected chi connectivity index (χ4v) is 7.63. The van der Waals surface area contributed by atoms with E-state index in [1.54, 1.807) is 0 Å². The molecule has 1 atom stereocenters. The molecule has 0 aromatic rings. The molecule has 48 heavy (non-hydrogen) atoms. The van der Waals surface area contributed by atoms with Gasteiger partial charge in [-0.15, -0.1) is 0 Å². The first kappa shape index (κ1) is 45.0. The van der Waals surface area contributed by atoms with Crippen LogP contribution < -0.4 is 10.6 Å². The highest BCUT2D eigenvalue weighted by molar-refractivity contribution is 5.79. The Balaban J connectivity index is 1.91. The van der Waals surface area contributed by atoms with Gasteiger partial charge in [0, 0.05) is 12.8 Å². The molecule has 284 valence electrons. The molecular weight excluding hydrogens is 587 g/mol. The summed E-state index contributed by atoms with van der Waals surface area (Å²) in [5.41, 5.74) is 0. The summed E-state index contributed by atoms with van der Waals surface area (Å²) < 4.78 is 2.40. The summed E-state index contributed by atoms with van der Waals surface area (Å²) in [5, 5.41) is 6.90. The average molecular weight is 675 g/mol. The second-order valence-corrected chi connectivity index (χ2v) is 15.6. The van der Waals surface area contributed by atoms with Crippen LogP contribution in [0.25, 0.3) is 0 Å². The van der Waals surface area contributed by atoms with Crippen LogP contribution in [-0.2, 0) is 4.79 Å². The van der Waals surface area contributed by atoms with Gasteiger partial charge in [0.25, 0.3) is 0 Å². The van der Waals surface area contributed by atoms with Gasteiger partial charge in [-0.25, -0.2) is 4.58 Å². The molecule has 4 heteroatoms. The zero-order chi connectivity index (χ0) is 34.6. The Morgan fingerprint density at radius 3 is 1.19 bits per heavy atom. The molecule has 0 bridgehead atoms. The molecule has 1 aliphatic rings. The monoisotopic (exact) mass is 675 g/mol. The lowest BCUT2D eigenvalue weighted by Gasteiger charge is -2.15. The van der Waals surface area contributed by atoms with E-state index in [9.17, 15) is 4.79 Å². The van der Waals surface area contributed by atoms with E-state index >= 15 is 0 Å². The van der Waals surface area contributed by atoms with Gasteiger partial charge in [-0.05, 0) is 19.8 Å². The van der Waals surface area contributed by atoms with Gasteiger partial charge >= 0.3 is 0 Å². The van der Waals surface area contributed by atoms with E-state index in [1.807, 2.05) is 0 Å². The topological polar surface area (TPSA) is 44.1 Å². The zero-order valence-corrected chi connectivity index (χ0v) is 33.3. The molecule has 0 radical (unpaired) electrons. The summed E-state index contributed by atoms with van der Waals surface area (Å²) in [6.07, 6.45) is 49.4. The second kappa shape index (κ2) is 35.8. The summed E-state index contributed by atoms with van der Waals surface area (Å²) in [6.45, 7) is 8.77. The van der Waals surface area contributed by atoms with Gasteiger partial charge < -0.3 is 5.32 Å². The quantitative estimate of drug-likeness (QED) is 0.0506. The number of rotatable bonds is 38. The first-order valence-electron chi connectivity index (χ1n) is 22.3. The third-order valence-corrected chi connectivity index (χ3v) is 10.9. The zero-order valence-electron chi connectivity index (χ0n) is 33.3. The smallest absolute Gasteiger partial charge is 0.246 e. The van der Waals surface area contributed by atoms with Crippen LogP contribution in [0, 0.1) is 0 Å². The minimum absolute atomic E-state index is 0.0964. The van der Waals surface area contributed by atoms with Crippen LogP contribution in [0.5, 0.6) is 0 Å². The van der Waals surface area contributed by atoms with Crippen LogP contribution in [0.15, 0.2) is 0 Å². The van der Waals surface area contributed by atoms with Crippen molar-refractivity contribution in [3.8, 4) is 0 Å².